The van der Waals surface area contributed by atoms with Crippen LogP contribution in [0.3, 0.4) is 0 Å². The van der Waals surface area contributed by atoms with Crippen LogP contribution in [0.5, 0.6) is 0 Å². The number of carboxylic acids is 1. The zero-order valence-corrected chi connectivity index (χ0v) is 13.9. The van der Waals surface area contributed by atoms with Crippen LogP contribution in [0.2, 0.25) is 0 Å². The summed E-state index contributed by atoms with van der Waals surface area (Å²) in [6.45, 7) is 9.66. The standard InChI is InChI=1S/C15H26N2O5/c1-14(2,3)22-13(21)17-8-6-7-16-11(18)9-10(12(19)20)15(9,4)5/h9-10H,6-8H2,1-5H3,(H,16,18)(H,17,21)(H,19,20). The minimum Gasteiger partial charge on any atom is -0.481 e. The van der Waals surface area contributed by atoms with E-state index in [2.05, 4.69) is 10.6 Å². The zero-order chi connectivity index (χ0) is 17.1. The van der Waals surface area contributed by atoms with E-state index < -0.39 is 34.9 Å². The Morgan fingerprint density at radius 3 is 2.09 bits per heavy atom. The Morgan fingerprint density at radius 1 is 1.09 bits per heavy atom. The molecule has 0 spiro atoms. The predicted octanol–water partition coefficient (Wildman–Crippen LogP) is 1.37. The molecule has 1 aliphatic rings. The molecule has 3 N–H and O–H groups in total. The molecule has 0 aromatic heterocycles. The molecule has 0 aliphatic heterocycles. The van der Waals surface area contributed by atoms with Crippen LogP contribution in [0.25, 0.3) is 0 Å². The summed E-state index contributed by atoms with van der Waals surface area (Å²) in [4.78, 5) is 34.3. The first-order chi connectivity index (χ1) is 9.97. The van der Waals surface area contributed by atoms with Crippen LogP contribution in [-0.2, 0) is 14.3 Å². The lowest BCUT2D eigenvalue weighted by atomic mass is 10.1. The number of rotatable bonds is 6. The van der Waals surface area contributed by atoms with Crippen molar-refractivity contribution in [3.63, 3.8) is 0 Å². The number of nitrogens with one attached hydrogen (secondary N) is 2. The third-order valence-corrected chi connectivity index (χ3v) is 3.70. The summed E-state index contributed by atoms with van der Waals surface area (Å²) in [5.41, 5.74) is -1.04. The molecule has 2 atom stereocenters. The molecule has 0 aromatic carbocycles. The van der Waals surface area contributed by atoms with Crippen molar-refractivity contribution in [2.24, 2.45) is 17.3 Å². The highest BCUT2D eigenvalue weighted by Crippen LogP contribution is 2.58. The first-order valence-corrected chi connectivity index (χ1v) is 7.44. The van der Waals surface area contributed by atoms with Gasteiger partial charge in [-0.25, -0.2) is 4.79 Å². The predicted molar refractivity (Wildman–Crippen MR) is 80.3 cm³/mol. The Bertz CT molecular complexity index is 453. The van der Waals surface area contributed by atoms with Crippen LogP contribution in [0.15, 0.2) is 0 Å². The van der Waals surface area contributed by atoms with Gasteiger partial charge in [0.15, 0.2) is 0 Å². The molecule has 0 radical (unpaired) electrons. The van der Waals surface area contributed by atoms with Crippen LogP contribution < -0.4 is 10.6 Å². The van der Waals surface area contributed by atoms with Gasteiger partial charge in [0.1, 0.15) is 5.60 Å². The molecule has 0 heterocycles. The Hall–Kier alpha value is -1.79. The first-order valence-electron chi connectivity index (χ1n) is 7.44. The molecule has 7 heteroatoms. The van der Waals surface area contributed by atoms with E-state index in [9.17, 15) is 14.4 Å². The fourth-order valence-electron chi connectivity index (χ4n) is 2.50. The maximum absolute atomic E-state index is 11.9. The first kappa shape index (κ1) is 18.3. The lowest BCUT2D eigenvalue weighted by Crippen LogP contribution is -2.35. The fraction of sp³-hybridized carbons (Fsp3) is 0.800. The van der Waals surface area contributed by atoms with Gasteiger partial charge in [-0.3, -0.25) is 9.59 Å². The van der Waals surface area contributed by atoms with Gasteiger partial charge in [0.25, 0.3) is 0 Å². The van der Waals surface area contributed by atoms with Crippen molar-refractivity contribution in [2.75, 3.05) is 13.1 Å². The van der Waals surface area contributed by atoms with Crippen molar-refractivity contribution >= 4 is 18.0 Å². The second-order valence-corrected chi connectivity index (χ2v) is 7.19. The molecule has 0 aromatic rings. The van der Waals surface area contributed by atoms with Crippen LogP contribution >= 0.6 is 0 Å². The van der Waals surface area contributed by atoms with Gasteiger partial charge in [0.2, 0.25) is 5.91 Å². The van der Waals surface area contributed by atoms with Crippen LogP contribution in [0, 0.1) is 17.3 Å². The number of hydrogen-bond acceptors (Lipinski definition) is 4. The molecule has 0 saturated heterocycles. The number of carboxylic acid groups (broad SMARTS) is 1. The maximum Gasteiger partial charge on any atom is 0.407 e. The van der Waals surface area contributed by atoms with Crippen molar-refractivity contribution in [3.8, 4) is 0 Å². The lowest BCUT2D eigenvalue weighted by Gasteiger charge is -2.19. The molecule has 1 rings (SSSR count). The summed E-state index contributed by atoms with van der Waals surface area (Å²) in [6, 6.07) is 0. The Labute approximate surface area is 130 Å². The molecule has 22 heavy (non-hydrogen) atoms. The van der Waals surface area contributed by atoms with Crippen LogP contribution in [0.4, 0.5) is 4.79 Å². The normalized spacial score (nSPS) is 22.6. The number of hydrogen-bond donors (Lipinski definition) is 3. The number of aliphatic carboxylic acids is 1. The highest BCUT2D eigenvalue weighted by Gasteiger charge is 2.65. The maximum atomic E-state index is 11.9. The van der Waals surface area contributed by atoms with E-state index in [0.717, 1.165) is 0 Å². The minimum absolute atomic E-state index is 0.241. The summed E-state index contributed by atoms with van der Waals surface area (Å²) in [6.07, 6.45) is 0.0590. The van der Waals surface area contributed by atoms with Crippen LogP contribution in [-0.4, -0.2) is 41.8 Å². The fourth-order valence-corrected chi connectivity index (χ4v) is 2.50. The summed E-state index contributed by atoms with van der Waals surface area (Å²) in [7, 11) is 0. The Balaban J connectivity index is 2.20. The summed E-state index contributed by atoms with van der Waals surface area (Å²) in [5, 5.41) is 14.3. The van der Waals surface area contributed by atoms with E-state index >= 15 is 0 Å². The van der Waals surface area contributed by atoms with E-state index in [1.165, 1.54) is 0 Å². The highest BCUT2D eigenvalue weighted by atomic mass is 16.6. The summed E-state index contributed by atoms with van der Waals surface area (Å²) in [5.74, 6) is -2.28. The molecular formula is C15H26N2O5. The molecule has 1 saturated carbocycles. The van der Waals surface area contributed by atoms with Gasteiger partial charge in [-0.15, -0.1) is 0 Å². The highest BCUT2D eigenvalue weighted by molar-refractivity contribution is 5.91. The SMILES string of the molecule is CC(C)(C)OC(=O)NCCCNC(=O)C1C(C(=O)O)C1(C)C. The van der Waals surface area contributed by atoms with Crippen molar-refractivity contribution in [2.45, 2.75) is 46.6 Å². The van der Waals surface area contributed by atoms with Crippen molar-refractivity contribution < 1.29 is 24.2 Å². The monoisotopic (exact) mass is 314 g/mol. The van der Waals surface area contributed by atoms with Gasteiger partial charge in [0.05, 0.1) is 11.8 Å². The van der Waals surface area contributed by atoms with Crippen molar-refractivity contribution in [3.05, 3.63) is 0 Å². The average molecular weight is 314 g/mol. The van der Waals surface area contributed by atoms with E-state index in [1.54, 1.807) is 34.6 Å². The van der Waals surface area contributed by atoms with Crippen LogP contribution in [0.1, 0.15) is 41.0 Å². The van der Waals surface area contributed by atoms with E-state index in [0.29, 0.717) is 19.5 Å². The smallest absolute Gasteiger partial charge is 0.407 e. The molecular weight excluding hydrogens is 288 g/mol. The second-order valence-electron chi connectivity index (χ2n) is 7.19. The van der Waals surface area contributed by atoms with E-state index in [-0.39, 0.29) is 5.91 Å². The van der Waals surface area contributed by atoms with Gasteiger partial charge < -0.3 is 20.5 Å². The number of carbonyl (C=O) groups is 3. The minimum atomic E-state index is -0.934. The Kier molecular flexibility index (Phi) is 5.43. The van der Waals surface area contributed by atoms with Gasteiger partial charge in [-0.2, -0.15) is 0 Å². The van der Waals surface area contributed by atoms with E-state index in [4.69, 9.17) is 9.84 Å². The lowest BCUT2D eigenvalue weighted by molar-refractivity contribution is -0.140. The second kappa shape index (κ2) is 6.54. The third-order valence-electron chi connectivity index (χ3n) is 3.70. The van der Waals surface area contributed by atoms with Gasteiger partial charge in [-0.05, 0) is 32.6 Å². The summed E-state index contributed by atoms with van der Waals surface area (Å²) >= 11 is 0. The third kappa shape index (κ3) is 4.89. The number of ether oxygens (including phenoxy) is 1. The Morgan fingerprint density at radius 2 is 1.64 bits per heavy atom. The molecule has 126 valence electrons. The molecule has 2 amide bonds. The summed E-state index contributed by atoms with van der Waals surface area (Å²) < 4.78 is 5.08. The molecule has 1 fully saturated rings. The molecule has 0 bridgehead atoms. The average Bonchev–Trinajstić information content (AvgIpc) is 2.89. The number of alkyl carbamates (subject to hydrolysis) is 1. The molecule has 7 nitrogen and oxygen atoms in total. The number of amides is 2. The van der Waals surface area contributed by atoms with Gasteiger partial charge >= 0.3 is 12.1 Å². The quantitative estimate of drug-likeness (QED) is 0.642. The topological polar surface area (TPSA) is 105 Å². The van der Waals surface area contributed by atoms with Crippen molar-refractivity contribution in [1.82, 2.24) is 10.6 Å². The van der Waals surface area contributed by atoms with Crippen molar-refractivity contribution in [1.29, 1.82) is 0 Å². The number of carbonyl (C=O) groups excluding carboxylic acids is 2. The molecule has 1 aliphatic carbocycles. The van der Waals surface area contributed by atoms with Gasteiger partial charge in [-0.1, -0.05) is 13.8 Å². The zero-order valence-electron chi connectivity index (χ0n) is 13.9. The van der Waals surface area contributed by atoms with Gasteiger partial charge in [0, 0.05) is 13.1 Å². The van der Waals surface area contributed by atoms with E-state index in [1.807, 2.05) is 0 Å². The largest absolute Gasteiger partial charge is 0.481 e. The molecule has 2 unspecified atom stereocenters.